The number of benzene rings is 1. The smallest absolute Gasteiger partial charge is 0.335 e. The Bertz CT molecular complexity index is 386. The fourth-order valence-corrected chi connectivity index (χ4v) is 1.94. The molecule has 20 heavy (non-hydrogen) atoms. The van der Waals surface area contributed by atoms with Crippen LogP contribution in [-0.2, 0) is 20.7 Å². The molecule has 0 spiro atoms. The number of hydrogen-bond acceptors (Lipinski definition) is 4. The number of carbonyl (C=O) groups excluding carboxylic acids is 1. The topological polar surface area (TPSA) is 55.8 Å². The van der Waals surface area contributed by atoms with Crippen molar-refractivity contribution in [1.82, 2.24) is 0 Å². The highest BCUT2D eigenvalue weighted by molar-refractivity contribution is 5.74. The maximum atomic E-state index is 11.7. The molecule has 1 rings (SSSR count). The molecule has 0 aromatic heterocycles. The molecule has 0 bridgehead atoms. The maximum Gasteiger partial charge on any atom is 0.335 e. The predicted octanol–water partition coefficient (Wildman–Crippen LogP) is 3.07. The number of aromatic hydroxyl groups is 1. The molecule has 0 fully saturated rings. The van der Waals surface area contributed by atoms with E-state index in [1.54, 1.807) is 24.3 Å². The molecule has 1 aromatic rings. The Balaban J connectivity index is 2.47. The molecule has 1 N–H and O–H groups in total. The molecule has 112 valence electrons. The summed E-state index contributed by atoms with van der Waals surface area (Å²) in [7, 11) is 1.37. The Kier molecular flexibility index (Phi) is 7.73. The number of methoxy groups -OCH3 is 1. The SMILES string of the molecule is CCCCCCOC(Cc1ccc(O)cc1)C(=O)OC. The summed E-state index contributed by atoms with van der Waals surface area (Å²) in [5.74, 6) is -0.141. The molecule has 4 nitrogen and oxygen atoms in total. The second-order valence-corrected chi connectivity index (χ2v) is 4.81. The summed E-state index contributed by atoms with van der Waals surface area (Å²) in [4.78, 5) is 11.7. The van der Waals surface area contributed by atoms with Crippen LogP contribution in [0, 0.1) is 0 Å². The minimum Gasteiger partial charge on any atom is -0.508 e. The highest BCUT2D eigenvalue weighted by Crippen LogP contribution is 2.13. The molecule has 0 saturated carbocycles. The second kappa shape index (κ2) is 9.37. The third-order valence-electron chi connectivity index (χ3n) is 3.14. The molecule has 1 unspecified atom stereocenters. The van der Waals surface area contributed by atoms with Gasteiger partial charge in [0.15, 0.2) is 6.10 Å². The lowest BCUT2D eigenvalue weighted by atomic mass is 10.1. The second-order valence-electron chi connectivity index (χ2n) is 4.81. The first-order chi connectivity index (χ1) is 9.67. The van der Waals surface area contributed by atoms with Crippen LogP contribution >= 0.6 is 0 Å². The quantitative estimate of drug-likeness (QED) is 0.558. The minimum absolute atomic E-state index is 0.212. The lowest BCUT2D eigenvalue weighted by Gasteiger charge is -2.15. The van der Waals surface area contributed by atoms with Crippen LogP contribution in [0.5, 0.6) is 5.75 Å². The predicted molar refractivity (Wildman–Crippen MR) is 77.7 cm³/mol. The van der Waals surface area contributed by atoms with Gasteiger partial charge in [-0.05, 0) is 24.1 Å². The molecule has 0 aliphatic heterocycles. The Hall–Kier alpha value is -1.55. The van der Waals surface area contributed by atoms with Crippen LogP contribution < -0.4 is 0 Å². The van der Waals surface area contributed by atoms with E-state index < -0.39 is 6.10 Å². The first kappa shape index (κ1) is 16.5. The maximum absolute atomic E-state index is 11.7. The van der Waals surface area contributed by atoms with Crippen molar-refractivity contribution in [2.45, 2.75) is 45.1 Å². The molecular weight excluding hydrogens is 256 g/mol. The molecule has 0 aliphatic carbocycles. The normalized spacial score (nSPS) is 12.1. The fraction of sp³-hybridized carbons (Fsp3) is 0.562. The van der Waals surface area contributed by atoms with E-state index in [0.29, 0.717) is 13.0 Å². The number of phenols is 1. The van der Waals surface area contributed by atoms with Crippen LogP contribution in [0.3, 0.4) is 0 Å². The number of hydrogen-bond donors (Lipinski definition) is 1. The van der Waals surface area contributed by atoms with E-state index in [0.717, 1.165) is 18.4 Å². The van der Waals surface area contributed by atoms with Gasteiger partial charge in [0.1, 0.15) is 5.75 Å². The van der Waals surface area contributed by atoms with Crippen molar-refractivity contribution in [2.24, 2.45) is 0 Å². The average Bonchev–Trinajstić information content (AvgIpc) is 2.47. The summed E-state index contributed by atoms with van der Waals surface area (Å²) in [6.07, 6.45) is 4.31. The third kappa shape index (κ3) is 6.06. The van der Waals surface area contributed by atoms with Crippen LogP contribution in [-0.4, -0.2) is 30.9 Å². The van der Waals surface area contributed by atoms with Gasteiger partial charge in [-0.25, -0.2) is 4.79 Å². The minimum atomic E-state index is -0.578. The lowest BCUT2D eigenvalue weighted by molar-refractivity contribution is -0.154. The van der Waals surface area contributed by atoms with Gasteiger partial charge in [-0.3, -0.25) is 0 Å². The van der Waals surface area contributed by atoms with Gasteiger partial charge in [-0.15, -0.1) is 0 Å². The zero-order valence-electron chi connectivity index (χ0n) is 12.3. The summed E-state index contributed by atoms with van der Waals surface area (Å²) < 4.78 is 10.4. The first-order valence-electron chi connectivity index (χ1n) is 7.14. The van der Waals surface area contributed by atoms with Crippen molar-refractivity contribution >= 4 is 5.97 Å². The number of ether oxygens (including phenoxy) is 2. The van der Waals surface area contributed by atoms with Gasteiger partial charge in [-0.2, -0.15) is 0 Å². The number of rotatable bonds is 9. The van der Waals surface area contributed by atoms with Gasteiger partial charge < -0.3 is 14.6 Å². The summed E-state index contributed by atoms with van der Waals surface area (Å²) in [5.41, 5.74) is 0.937. The van der Waals surface area contributed by atoms with Gasteiger partial charge in [0.05, 0.1) is 7.11 Å². The Labute approximate surface area is 120 Å². The largest absolute Gasteiger partial charge is 0.508 e. The Morgan fingerprint density at radius 3 is 2.50 bits per heavy atom. The van der Waals surface area contributed by atoms with E-state index in [4.69, 9.17) is 9.47 Å². The lowest BCUT2D eigenvalue weighted by Crippen LogP contribution is -2.28. The van der Waals surface area contributed by atoms with Crippen LogP contribution in [0.2, 0.25) is 0 Å². The van der Waals surface area contributed by atoms with Gasteiger partial charge >= 0.3 is 5.97 Å². The van der Waals surface area contributed by atoms with E-state index in [1.807, 2.05) is 0 Å². The van der Waals surface area contributed by atoms with Gasteiger partial charge in [0.25, 0.3) is 0 Å². The van der Waals surface area contributed by atoms with Crippen molar-refractivity contribution < 1.29 is 19.4 Å². The van der Waals surface area contributed by atoms with Crippen LogP contribution in [0.4, 0.5) is 0 Å². The summed E-state index contributed by atoms with van der Waals surface area (Å²) >= 11 is 0. The Morgan fingerprint density at radius 2 is 1.90 bits per heavy atom. The van der Waals surface area contributed by atoms with Crippen LogP contribution in [0.15, 0.2) is 24.3 Å². The fourth-order valence-electron chi connectivity index (χ4n) is 1.94. The average molecular weight is 280 g/mol. The molecule has 0 radical (unpaired) electrons. The van der Waals surface area contributed by atoms with Crippen molar-refractivity contribution in [3.05, 3.63) is 29.8 Å². The molecule has 0 saturated heterocycles. The number of esters is 1. The van der Waals surface area contributed by atoms with Crippen LogP contribution in [0.25, 0.3) is 0 Å². The van der Waals surface area contributed by atoms with Crippen molar-refractivity contribution in [1.29, 1.82) is 0 Å². The highest BCUT2D eigenvalue weighted by Gasteiger charge is 2.20. The molecule has 0 amide bonds. The van der Waals surface area contributed by atoms with Gasteiger partial charge in [-0.1, -0.05) is 38.3 Å². The molecule has 4 heteroatoms. The van der Waals surface area contributed by atoms with Crippen molar-refractivity contribution in [3.63, 3.8) is 0 Å². The van der Waals surface area contributed by atoms with Crippen LogP contribution in [0.1, 0.15) is 38.2 Å². The zero-order chi connectivity index (χ0) is 14.8. The molecule has 0 heterocycles. The summed E-state index contributed by atoms with van der Waals surface area (Å²) in [5, 5.41) is 9.25. The van der Waals surface area contributed by atoms with E-state index in [-0.39, 0.29) is 11.7 Å². The van der Waals surface area contributed by atoms with Gasteiger partial charge in [0.2, 0.25) is 0 Å². The molecule has 1 atom stereocenters. The first-order valence-corrected chi connectivity index (χ1v) is 7.14. The highest BCUT2D eigenvalue weighted by atomic mass is 16.6. The number of phenolic OH excluding ortho intramolecular Hbond substituents is 1. The standard InChI is InChI=1S/C16H24O4/c1-3-4-5-6-11-20-15(16(18)19-2)12-13-7-9-14(17)10-8-13/h7-10,15,17H,3-6,11-12H2,1-2H3. The summed E-state index contributed by atoms with van der Waals surface area (Å²) in [6, 6.07) is 6.77. The van der Waals surface area contributed by atoms with E-state index in [1.165, 1.54) is 20.0 Å². The summed E-state index contributed by atoms with van der Waals surface area (Å²) in [6.45, 7) is 2.72. The van der Waals surface area contributed by atoms with Crippen molar-refractivity contribution in [3.8, 4) is 5.75 Å². The van der Waals surface area contributed by atoms with Crippen molar-refractivity contribution in [2.75, 3.05) is 13.7 Å². The van der Waals surface area contributed by atoms with Gasteiger partial charge in [0, 0.05) is 13.0 Å². The van der Waals surface area contributed by atoms with E-state index >= 15 is 0 Å². The number of carbonyl (C=O) groups is 1. The third-order valence-corrected chi connectivity index (χ3v) is 3.14. The zero-order valence-corrected chi connectivity index (χ0v) is 12.3. The molecule has 1 aromatic carbocycles. The molecular formula is C16H24O4. The van der Waals surface area contributed by atoms with E-state index in [9.17, 15) is 9.90 Å². The molecule has 0 aliphatic rings. The number of unbranched alkanes of at least 4 members (excludes halogenated alkanes) is 3. The monoisotopic (exact) mass is 280 g/mol. The van der Waals surface area contributed by atoms with E-state index in [2.05, 4.69) is 6.92 Å². The Morgan fingerprint density at radius 1 is 1.20 bits per heavy atom.